The van der Waals surface area contributed by atoms with E-state index in [4.69, 9.17) is 0 Å². The molecular formula is C29H35N2+. The highest BCUT2D eigenvalue weighted by Gasteiger charge is 2.45. The van der Waals surface area contributed by atoms with E-state index in [0.717, 1.165) is 12.8 Å². The summed E-state index contributed by atoms with van der Waals surface area (Å²) < 4.78 is 2.34. The maximum absolute atomic E-state index is 2.36. The predicted molar refractivity (Wildman–Crippen MR) is 134 cm³/mol. The standard InChI is InChI=1S/C29H35N2/c1-7-28(3)22-16-12-14-18-24(22)30(5)26(28)20-10-9-11-21-27-29(4,8-2)23-17-13-15-19-25(23)31(27)6/h9-21H,7-8H2,1-6H3/q+1. The smallest absolute Gasteiger partial charge is 0.209 e. The van der Waals surface area contributed by atoms with Crippen LogP contribution in [0.1, 0.15) is 51.7 Å². The van der Waals surface area contributed by atoms with Crippen molar-refractivity contribution in [2.75, 3.05) is 19.0 Å². The molecule has 2 aliphatic rings. The van der Waals surface area contributed by atoms with Crippen LogP contribution in [0.4, 0.5) is 11.4 Å². The molecule has 0 saturated heterocycles. The van der Waals surface area contributed by atoms with Crippen molar-refractivity contribution in [3.05, 3.63) is 95.7 Å². The normalized spacial score (nSPS) is 26.5. The molecule has 2 heterocycles. The monoisotopic (exact) mass is 411 g/mol. The zero-order chi connectivity index (χ0) is 22.2. The van der Waals surface area contributed by atoms with Gasteiger partial charge < -0.3 is 4.90 Å². The van der Waals surface area contributed by atoms with Gasteiger partial charge in [-0.1, -0.05) is 68.5 Å². The van der Waals surface area contributed by atoms with E-state index in [2.05, 4.69) is 130 Å². The summed E-state index contributed by atoms with van der Waals surface area (Å²) in [4.78, 5) is 2.34. The van der Waals surface area contributed by atoms with Crippen LogP contribution in [0.5, 0.6) is 0 Å². The Hall–Kier alpha value is -2.87. The number of hydrogen-bond donors (Lipinski definition) is 0. The van der Waals surface area contributed by atoms with Gasteiger partial charge >= 0.3 is 0 Å². The Labute approximate surface area is 187 Å². The second-order valence-electron chi connectivity index (χ2n) is 9.20. The van der Waals surface area contributed by atoms with E-state index in [0.29, 0.717) is 0 Å². The lowest BCUT2D eigenvalue weighted by Gasteiger charge is -2.27. The third-order valence-electron chi connectivity index (χ3n) is 7.72. The lowest BCUT2D eigenvalue weighted by molar-refractivity contribution is -0.401. The molecule has 2 nitrogen and oxygen atoms in total. The minimum absolute atomic E-state index is 0.0578. The van der Waals surface area contributed by atoms with Gasteiger partial charge in [0, 0.05) is 41.6 Å². The second-order valence-corrected chi connectivity index (χ2v) is 9.20. The first-order valence-corrected chi connectivity index (χ1v) is 11.5. The van der Waals surface area contributed by atoms with E-state index in [-0.39, 0.29) is 10.8 Å². The Balaban J connectivity index is 1.60. The molecule has 0 aliphatic carbocycles. The van der Waals surface area contributed by atoms with Gasteiger partial charge in [0.1, 0.15) is 7.05 Å². The molecule has 0 radical (unpaired) electrons. The van der Waals surface area contributed by atoms with Gasteiger partial charge in [0.2, 0.25) is 5.69 Å². The van der Waals surface area contributed by atoms with Crippen LogP contribution >= 0.6 is 0 Å². The number of para-hydroxylation sites is 2. The van der Waals surface area contributed by atoms with Gasteiger partial charge in [-0.2, -0.15) is 4.58 Å². The number of anilines is 1. The Kier molecular flexibility index (Phi) is 5.51. The average Bonchev–Trinajstić information content (AvgIpc) is 3.15. The van der Waals surface area contributed by atoms with Crippen LogP contribution < -0.4 is 4.90 Å². The summed E-state index contributed by atoms with van der Waals surface area (Å²) in [5, 5.41) is 0. The number of hydrogen-bond acceptors (Lipinski definition) is 1. The number of benzene rings is 2. The highest BCUT2D eigenvalue weighted by Crippen LogP contribution is 2.48. The molecule has 2 aromatic rings. The van der Waals surface area contributed by atoms with Crippen LogP contribution in [-0.2, 0) is 10.8 Å². The van der Waals surface area contributed by atoms with Crippen molar-refractivity contribution in [1.82, 2.24) is 0 Å². The van der Waals surface area contributed by atoms with Crippen LogP contribution in [0.25, 0.3) is 0 Å². The van der Waals surface area contributed by atoms with Crippen molar-refractivity contribution >= 4 is 17.1 Å². The minimum Gasteiger partial charge on any atom is -0.347 e. The highest BCUT2D eigenvalue weighted by atomic mass is 15.2. The van der Waals surface area contributed by atoms with Crippen LogP contribution in [0, 0.1) is 0 Å². The molecule has 0 saturated carbocycles. The summed E-state index contributed by atoms with van der Waals surface area (Å²) in [6.07, 6.45) is 13.3. The molecular weight excluding hydrogens is 376 g/mol. The van der Waals surface area contributed by atoms with Gasteiger partial charge in [-0.25, -0.2) is 0 Å². The predicted octanol–water partition coefficient (Wildman–Crippen LogP) is 6.90. The molecule has 4 rings (SSSR count). The van der Waals surface area contributed by atoms with Crippen molar-refractivity contribution in [3.8, 4) is 0 Å². The highest BCUT2D eigenvalue weighted by molar-refractivity contribution is 6.03. The molecule has 160 valence electrons. The first-order chi connectivity index (χ1) is 14.9. The molecule has 0 amide bonds. The Morgan fingerprint density at radius 1 is 0.839 bits per heavy atom. The second kappa shape index (κ2) is 8.00. The summed E-state index contributed by atoms with van der Waals surface area (Å²) in [5.74, 6) is 0. The molecule has 31 heavy (non-hydrogen) atoms. The van der Waals surface area contributed by atoms with Crippen molar-refractivity contribution in [1.29, 1.82) is 0 Å². The van der Waals surface area contributed by atoms with Crippen molar-refractivity contribution in [2.24, 2.45) is 0 Å². The summed E-state index contributed by atoms with van der Waals surface area (Å²) in [5.41, 5.74) is 8.33. The largest absolute Gasteiger partial charge is 0.347 e. The first kappa shape index (κ1) is 21.4. The van der Waals surface area contributed by atoms with Crippen LogP contribution in [0.2, 0.25) is 0 Å². The van der Waals surface area contributed by atoms with E-state index in [1.54, 1.807) is 0 Å². The summed E-state index contributed by atoms with van der Waals surface area (Å²) >= 11 is 0. The first-order valence-electron chi connectivity index (χ1n) is 11.5. The SMILES string of the molecule is CCC1(C)C(=CC=CC=CC2=[N+](C)c3ccccc3C2(C)CC)N(C)c2ccccc21. The van der Waals surface area contributed by atoms with Crippen LogP contribution in [0.15, 0.2) is 84.6 Å². The maximum atomic E-state index is 2.36. The van der Waals surface area contributed by atoms with Gasteiger partial charge in [0.15, 0.2) is 5.71 Å². The zero-order valence-corrected chi connectivity index (χ0v) is 19.8. The molecule has 2 aliphatic heterocycles. The molecule has 0 N–H and O–H groups in total. The van der Waals surface area contributed by atoms with E-state index in [1.807, 2.05) is 0 Å². The number of fused-ring (bicyclic) bond motifs is 2. The van der Waals surface area contributed by atoms with Gasteiger partial charge in [-0.3, -0.25) is 0 Å². The van der Waals surface area contributed by atoms with Crippen LogP contribution in [-0.4, -0.2) is 24.4 Å². The molecule has 2 unspecified atom stereocenters. The summed E-state index contributed by atoms with van der Waals surface area (Å²) in [6, 6.07) is 17.6. The molecule has 2 atom stereocenters. The van der Waals surface area contributed by atoms with Gasteiger partial charge in [-0.15, -0.1) is 0 Å². The van der Waals surface area contributed by atoms with Crippen molar-refractivity contribution in [3.63, 3.8) is 0 Å². The van der Waals surface area contributed by atoms with E-state index >= 15 is 0 Å². The van der Waals surface area contributed by atoms with Gasteiger partial charge in [0.25, 0.3) is 0 Å². The van der Waals surface area contributed by atoms with E-state index < -0.39 is 0 Å². The quantitative estimate of drug-likeness (QED) is 0.383. The fourth-order valence-corrected chi connectivity index (χ4v) is 5.43. The minimum atomic E-state index is 0.0578. The number of allylic oxidation sites excluding steroid dienone is 6. The number of likely N-dealkylation sites (N-methyl/N-ethyl adjacent to an activating group) is 1. The van der Waals surface area contributed by atoms with Gasteiger partial charge in [0.05, 0.1) is 5.41 Å². The van der Waals surface area contributed by atoms with Crippen molar-refractivity contribution < 1.29 is 4.58 Å². The lowest BCUT2D eigenvalue weighted by atomic mass is 9.77. The third kappa shape index (κ3) is 3.20. The Morgan fingerprint density at radius 2 is 1.48 bits per heavy atom. The van der Waals surface area contributed by atoms with Gasteiger partial charge in [-0.05, 0) is 44.4 Å². The summed E-state index contributed by atoms with van der Waals surface area (Å²) in [6.45, 7) is 9.28. The Bertz CT molecular complexity index is 1120. The van der Waals surface area contributed by atoms with E-state index in [1.165, 1.54) is 33.9 Å². The number of rotatable bonds is 5. The third-order valence-corrected chi connectivity index (χ3v) is 7.72. The topological polar surface area (TPSA) is 6.25 Å². The Morgan fingerprint density at radius 3 is 2.19 bits per heavy atom. The fraction of sp³-hybridized carbons (Fsp3) is 0.345. The maximum Gasteiger partial charge on any atom is 0.209 e. The van der Waals surface area contributed by atoms with Crippen LogP contribution in [0.3, 0.4) is 0 Å². The molecule has 0 spiro atoms. The molecule has 2 heteroatoms. The summed E-state index contributed by atoms with van der Waals surface area (Å²) in [7, 11) is 4.37. The van der Waals surface area contributed by atoms with E-state index in [9.17, 15) is 0 Å². The van der Waals surface area contributed by atoms with Crippen molar-refractivity contribution in [2.45, 2.75) is 51.4 Å². The zero-order valence-electron chi connectivity index (χ0n) is 19.8. The molecule has 2 aromatic carbocycles. The average molecular weight is 412 g/mol. The number of nitrogens with zero attached hydrogens (tertiary/aromatic N) is 2. The fourth-order valence-electron chi connectivity index (χ4n) is 5.43. The molecule has 0 aromatic heterocycles. The molecule has 0 bridgehead atoms. The molecule has 0 fully saturated rings. The lowest BCUT2D eigenvalue weighted by Crippen LogP contribution is -2.29.